The number of carbonyl (C=O) groups excluding carboxylic acids is 1. The first kappa shape index (κ1) is 15.4. The van der Waals surface area contributed by atoms with Gasteiger partial charge in [0.15, 0.2) is 0 Å². The van der Waals surface area contributed by atoms with Crippen LogP contribution >= 0.6 is 0 Å². The van der Waals surface area contributed by atoms with Gasteiger partial charge in [-0.1, -0.05) is 18.9 Å². The van der Waals surface area contributed by atoms with E-state index in [-0.39, 0.29) is 18.2 Å². The number of hydrogen-bond donors (Lipinski definition) is 2. The maximum absolute atomic E-state index is 13.7. The van der Waals surface area contributed by atoms with E-state index in [0.29, 0.717) is 12.1 Å². The van der Waals surface area contributed by atoms with Crippen LogP contribution in [0.4, 0.5) is 4.39 Å². The van der Waals surface area contributed by atoms with Crippen molar-refractivity contribution in [3.05, 3.63) is 35.1 Å². The fraction of sp³-hybridized carbons (Fsp3) is 0.467. The molecule has 6 heteroatoms. The van der Waals surface area contributed by atoms with Gasteiger partial charge in [-0.2, -0.15) is 0 Å². The third kappa shape index (κ3) is 4.01. The van der Waals surface area contributed by atoms with Gasteiger partial charge in [-0.15, -0.1) is 0 Å². The van der Waals surface area contributed by atoms with E-state index in [1.165, 1.54) is 12.1 Å². The number of hydrogen-bond acceptors (Lipinski definition) is 3. The monoisotopic (exact) mass is 294 g/mol. The molecule has 3 N–H and O–H groups in total. The Kier molecular flexibility index (Phi) is 4.90. The molecular weight excluding hydrogens is 275 g/mol. The molecule has 1 amide bonds. The minimum Gasteiger partial charge on any atom is -0.478 e. The van der Waals surface area contributed by atoms with Crippen molar-refractivity contribution in [2.24, 2.45) is 5.73 Å². The molecule has 0 aromatic heterocycles. The summed E-state index contributed by atoms with van der Waals surface area (Å²) in [5.41, 5.74) is 5.57. The lowest BCUT2D eigenvalue weighted by molar-refractivity contribution is -0.119. The Morgan fingerprint density at radius 2 is 2.00 bits per heavy atom. The number of aromatic carboxylic acids is 1. The maximum atomic E-state index is 13.7. The first-order chi connectivity index (χ1) is 9.97. The van der Waals surface area contributed by atoms with Crippen LogP contribution in [0.2, 0.25) is 0 Å². The molecule has 1 aliphatic rings. The average Bonchev–Trinajstić information content (AvgIpc) is 2.90. The maximum Gasteiger partial charge on any atom is 0.338 e. The van der Waals surface area contributed by atoms with Gasteiger partial charge in [0.1, 0.15) is 5.82 Å². The van der Waals surface area contributed by atoms with Gasteiger partial charge in [0.25, 0.3) is 0 Å². The van der Waals surface area contributed by atoms with E-state index in [2.05, 4.69) is 0 Å². The van der Waals surface area contributed by atoms with E-state index < -0.39 is 17.7 Å². The van der Waals surface area contributed by atoms with Crippen LogP contribution in [-0.2, 0) is 11.3 Å². The highest BCUT2D eigenvalue weighted by atomic mass is 19.1. The highest BCUT2D eigenvalue weighted by Crippen LogP contribution is 2.25. The third-order valence-electron chi connectivity index (χ3n) is 3.85. The van der Waals surface area contributed by atoms with Crippen LogP contribution < -0.4 is 5.73 Å². The highest BCUT2D eigenvalue weighted by Gasteiger charge is 2.24. The van der Waals surface area contributed by atoms with Gasteiger partial charge < -0.3 is 10.8 Å². The minimum absolute atomic E-state index is 0.132. The van der Waals surface area contributed by atoms with Crippen LogP contribution in [0, 0.1) is 5.82 Å². The Labute approximate surface area is 122 Å². The molecule has 0 aliphatic heterocycles. The van der Waals surface area contributed by atoms with Crippen molar-refractivity contribution in [2.75, 3.05) is 6.54 Å². The van der Waals surface area contributed by atoms with Gasteiger partial charge in [-0.25, -0.2) is 9.18 Å². The molecule has 114 valence electrons. The molecule has 1 aliphatic carbocycles. The van der Waals surface area contributed by atoms with Crippen molar-refractivity contribution in [3.8, 4) is 0 Å². The molecular formula is C15H19FN2O3. The molecule has 0 heterocycles. The standard InChI is InChI=1S/C15H19FN2O3/c16-13-7-10(5-6-12(13)15(20)21)8-18(9-14(17)19)11-3-1-2-4-11/h5-7,11H,1-4,8-9H2,(H2,17,19)(H,20,21). The third-order valence-corrected chi connectivity index (χ3v) is 3.85. The predicted molar refractivity (Wildman–Crippen MR) is 75.2 cm³/mol. The molecule has 0 saturated heterocycles. The average molecular weight is 294 g/mol. The second kappa shape index (κ2) is 6.67. The Bertz CT molecular complexity index is 542. The quantitative estimate of drug-likeness (QED) is 0.837. The van der Waals surface area contributed by atoms with Crippen LogP contribution in [0.1, 0.15) is 41.6 Å². The van der Waals surface area contributed by atoms with Gasteiger partial charge in [-0.05, 0) is 30.5 Å². The number of rotatable bonds is 6. The van der Waals surface area contributed by atoms with E-state index >= 15 is 0 Å². The van der Waals surface area contributed by atoms with Crippen LogP contribution in [0.3, 0.4) is 0 Å². The smallest absolute Gasteiger partial charge is 0.338 e. The molecule has 0 atom stereocenters. The van der Waals surface area contributed by atoms with Gasteiger partial charge in [0.2, 0.25) is 5.91 Å². The molecule has 0 radical (unpaired) electrons. The van der Waals surface area contributed by atoms with Gasteiger partial charge in [-0.3, -0.25) is 9.69 Å². The predicted octanol–water partition coefficient (Wildman–Crippen LogP) is 1.75. The zero-order valence-corrected chi connectivity index (χ0v) is 11.7. The second-order valence-electron chi connectivity index (χ2n) is 5.43. The number of nitrogens with two attached hydrogens (primary N) is 1. The van der Waals surface area contributed by atoms with Crippen molar-refractivity contribution in [1.29, 1.82) is 0 Å². The van der Waals surface area contributed by atoms with Crippen molar-refractivity contribution < 1.29 is 19.1 Å². The van der Waals surface area contributed by atoms with Gasteiger partial charge in [0.05, 0.1) is 12.1 Å². The number of carbonyl (C=O) groups is 2. The highest BCUT2D eigenvalue weighted by molar-refractivity contribution is 5.87. The summed E-state index contributed by atoms with van der Waals surface area (Å²) in [6.07, 6.45) is 4.24. The zero-order chi connectivity index (χ0) is 15.4. The van der Waals surface area contributed by atoms with Gasteiger partial charge in [0, 0.05) is 12.6 Å². The minimum atomic E-state index is -1.29. The molecule has 1 aromatic rings. The molecule has 21 heavy (non-hydrogen) atoms. The first-order valence-electron chi connectivity index (χ1n) is 7.01. The van der Waals surface area contributed by atoms with Crippen LogP contribution in [-0.4, -0.2) is 34.5 Å². The number of halogens is 1. The molecule has 0 spiro atoms. The molecule has 2 rings (SSSR count). The summed E-state index contributed by atoms with van der Waals surface area (Å²) in [5.74, 6) is -2.46. The summed E-state index contributed by atoms with van der Waals surface area (Å²) in [6.45, 7) is 0.525. The first-order valence-corrected chi connectivity index (χ1v) is 7.01. The summed E-state index contributed by atoms with van der Waals surface area (Å²) >= 11 is 0. The van der Waals surface area contributed by atoms with E-state index in [4.69, 9.17) is 10.8 Å². The molecule has 1 aromatic carbocycles. The Morgan fingerprint density at radius 3 is 2.52 bits per heavy atom. The second-order valence-corrected chi connectivity index (χ2v) is 5.43. The van der Waals surface area contributed by atoms with Crippen LogP contribution in [0.25, 0.3) is 0 Å². The summed E-state index contributed by atoms with van der Waals surface area (Å²) in [6, 6.07) is 4.33. The number of amides is 1. The molecule has 0 unspecified atom stereocenters. The number of benzene rings is 1. The Morgan fingerprint density at radius 1 is 1.33 bits per heavy atom. The zero-order valence-electron chi connectivity index (χ0n) is 11.7. The van der Waals surface area contributed by atoms with Crippen LogP contribution in [0.5, 0.6) is 0 Å². The molecule has 0 bridgehead atoms. The topological polar surface area (TPSA) is 83.6 Å². The van der Waals surface area contributed by atoms with Gasteiger partial charge >= 0.3 is 5.97 Å². The summed E-state index contributed by atoms with van der Waals surface area (Å²) in [4.78, 5) is 23.9. The SMILES string of the molecule is NC(=O)CN(Cc1ccc(C(=O)O)c(F)c1)C1CCCC1. The Hall–Kier alpha value is -1.95. The lowest BCUT2D eigenvalue weighted by Crippen LogP contribution is -2.39. The normalized spacial score (nSPS) is 15.5. The van der Waals surface area contributed by atoms with Crippen LogP contribution in [0.15, 0.2) is 18.2 Å². The van der Waals surface area contributed by atoms with E-state index in [1.54, 1.807) is 6.07 Å². The fourth-order valence-corrected chi connectivity index (χ4v) is 2.85. The lowest BCUT2D eigenvalue weighted by Gasteiger charge is -2.27. The number of carboxylic acids is 1. The number of primary amides is 1. The summed E-state index contributed by atoms with van der Waals surface area (Å²) < 4.78 is 13.7. The largest absolute Gasteiger partial charge is 0.478 e. The fourth-order valence-electron chi connectivity index (χ4n) is 2.85. The number of nitrogens with zero attached hydrogens (tertiary/aromatic N) is 1. The lowest BCUT2D eigenvalue weighted by atomic mass is 10.1. The molecule has 1 saturated carbocycles. The number of carboxylic acid groups (broad SMARTS) is 1. The Balaban J connectivity index is 2.13. The van der Waals surface area contributed by atoms with E-state index in [1.807, 2.05) is 4.90 Å². The molecule has 5 nitrogen and oxygen atoms in total. The van der Waals surface area contributed by atoms with E-state index in [9.17, 15) is 14.0 Å². The summed E-state index contributed by atoms with van der Waals surface area (Å²) in [7, 11) is 0. The van der Waals surface area contributed by atoms with Crippen molar-refractivity contribution in [1.82, 2.24) is 4.90 Å². The van der Waals surface area contributed by atoms with Crippen molar-refractivity contribution >= 4 is 11.9 Å². The van der Waals surface area contributed by atoms with Crippen molar-refractivity contribution in [2.45, 2.75) is 38.3 Å². The van der Waals surface area contributed by atoms with E-state index in [0.717, 1.165) is 25.7 Å². The summed E-state index contributed by atoms with van der Waals surface area (Å²) in [5, 5.41) is 8.82. The van der Waals surface area contributed by atoms with Crippen molar-refractivity contribution in [3.63, 3.8) is 0 Å². The molecule has 1 fully saturated rings.